The first kappa shape index (κ1) is 12.4. The molecule has 0 fully saturated rings. The Kier molecular flexibility index (Phi) is 3.74. The molecule has 98 valence electrons. The molecule has 0 amide bonds. The van der Waals surface area contributed by atoms with Crippen molar-refractivity contribution in [1.82, 2.24) is 4.98 Å². The van der Waals surface area contributed by atoms with Crippen molar-refractivity contribution in [3.05, 3.63) is 84.7 Å². The van der Waals surface area contributed by atoms with Crippen LogP contribution in [0.25, 0.3) is 11.1 Å². The number of aromatic nitrogens is 1. The molecule has 0 aliphatic carbocycles. The first-order chi connectivity index (χ1) is 9.92. The van der Waals surface area contributed by atoms with Gasteiger partial charge < -0.3 is 4.74 Å². The lowest BCUT2D eigenvalue weighted by molar-refractivity contribution is 0.306. The van der Waals surface area contributed by atoms with E-state index < -0.39 is 0 Å². The topological polar surface area (TPSA) is 22.1 Å². The minimum absolute atomic E-state index is 0.584. The van der Waals surface area contributed by atoms with Gasteiger partial charge in [0.05, 0.1) is 0 Å². The first-order valence-electron chi connectivity index (χ1n) is 6.59. The van der Waals surface area contributed by atoms with Gasteiger partial charge in [-0.25, -0.2) is 0 Å². The van der Waals surface area contributed by atoms with Crippen LogP contribution in [0.5, 0.6) is 5.75 Å². The van der Waals surface area contributed by atoms with Crippen molar-refractivity contribution in [2.24, 2.45) is 0 Å². The highest BCUT2D eigenvalue weighted by molar-refractivity contribution is 5.64. The van der Waals surface area contributed by atoms with Crippen LogP contribution in [0, 0.1) is 0 Å². The van der Waals surface area contributed by atoms with Gasteiger partial charge in [0.1, 0.15) is 12.4 Å². The summed E-state index contributed by atoms with van der Waals surface area (Å²) in [5, 5.41) is 0. The van der Waals surface area contributed by atoms with Gasteiger partial charge in [-0.2, -0.15) is 0 Å². The molecule has 1 aromatic heterocycles. The fourth-order valence-corrected chi connectivity index (χ4v) is 2.05. The van der Waals surface area contributed by atoms with Crippen LogP contribution in [0.3, 0.4) is 0 Å². The van der Waals surface area contributed by atoms with Gasteiger partial charge in [-0.15, -0.1) is 0 Å². The predicted octanol–water partition coefficient (Wildman–Crippen LogP) is 4.33. The van der Waals surface area contributed by atoms with Gasteiger partial charge in [0.15, 0.2) is 0 Å². The average molecular weight is 261 g/mol. The molecule has 0 spiro atoms. The Morgan fingerprint density at radius 3 is 2.35 bits per heavy atom. The molecule has 0 atom stereocenters. The number of benzene rings is 2. The molecule has 3 rings (SSSR count). The van der Waals surface area contributed by atoms with E-state index in [9.17, 15) is 0 Å². The number of hydrogen-bond acceptors (Lipinski definition) is 2. The Bertz CT molecular complexity index is 665. The normalized spacial score (nSPS) is 10.2. The summed E-state index contributed by atoms with van der Waals surface area (Å²) in [4.78, 5) is 4.04. The predicted molar refractivity (Wildman–Crippen MR) is 80.4 cm³/mol. The van der Waals surface area contributed by atoms with Crippen LogP contribution in [-0.2, 0) is 6.61 Å². The Morgan fingerprint density at radius 2 is 1.55 bits per heavy atom. The smallest absolute Gasteiger partial charge is 0.120 e. The monoisotopic (exact) mass is 261 g/mol. The van der Waals surface area contributed by atoms with E-state index in [1.54, 1.807) is 12.4 Å². The summed E-state index contributed by atoms with van der Waals surface area (Å²) in [5.74, 6) is 0.878. The molecule has 0 unspecified atom stereocenters. The molecule has 0 aliphatic rings. The molecular formula is C18H15NO. The van der Waals surface area contributed by atoms with Crippen LogP contribution in [0.15, 0.2) is 79.1 Å². The summed E-state index contributed by atoms with van der Waals surface area (Å²) < 4.78 is 5.84. The maximum atomic E-state index is 5.84. The minimum atomic E-state index is 0.584. The SMILES string of the molecule is c1ccc(COc2cccc(-c3ccncc3)c2)cc1. The van der Waals surface area contributed by atoms with E-state index in [1.165, 1.54) is 5.56 Å². The minimum Gasteiger partial charge on any atom is -0.489 e. The highest BCUT2D eigenvalue weighted by atomic mass is 16.5. The summed E-state index contributed by atoms with van der Waals surface area (Å²) in [5.41, 5.74) is 3.45. The molecule has 0 radical (unpaired) electrons. The first-order valence-corrected chi connectivity index (χ1v) is 6.59. The zero-order valence-corrected chi connectivity index (χ0v) is 11.1. The molecular weight excluding hydrogens is 246 g/mol. The fourth-order valence-electron chi connectivity index (χ4n) is 2.05. The molecule has 0 N–H and O–H groups in total. The van der Waals surface area contributed by atoms with E-state index in [0.29, 0.717) is 6.61 Å². The standard InChI is InChI=1S/C18H15NO/c1-2-5-15(6-3-1)14-20-18-8-4-7-17(13-18)16-9-11-19-12-10-16/h1-13H,14H2. The van der Waals surface area contributed by atoms with Gasteiger partial charge >= 0.3 is 0 Å². The third kappa shape index (κ3) is 3.04. The van der Waals surface area contributed by atoms with Gasteiger partial charge in [-0.3, -0.25) is 4.98 Å². The number of ether oxygens (including phenoxy) is 1. The van der Waals surface area contributed by atoms with E-state index in [4.69, 9.17) is 4.74 Å². The molecule has 20 heavy (non-hydrogen) atoms. The molecule has 0 saturated carbocycles. The van der Waals surface area contributed by atoms with Crippen LogP contribution >= 0.6 is 0 Å². The largest absolute Gasteiger partial charge is 0.489 e. The zero-order chi connectivity index (χ0) is 13.6. The fraction of sp³-hybridized carbons (Fsp3) is 0.0556. The van der Waals surface area contributed by atoms with E-state index in [0.717, 1.165) is 16.9 Å². The Morgan fingerprint density at radius 1 is 0.750 bits per heavy atom. The van der Waals surface area contributed by atoms with Gasteiger partial charge in [0, 0.05) is 12.4 Å². The van der Waals surface area contributed by atoms with E-state index in [2.05, 4.69) is 29.2 Å². The average Bonchev–Trinajstić information content (AvgIpc) is 2.55. The van der Waals surface area contributed by atoms with Gasteiger partial charge in [0.2, 0.25) is 0 Å². The van der Waals surface area contributed by atoms with Crippen LogP contribution in [0.1, 0.15) is 5.56 Å². The van der Waals surface area contributed by atoms with Crippen LogP contribution < -0.4 is 4.74 Å². The quantitative estimate of drug-likeness (QED) is 0.697. The third-order valence-corrected chi connectivity index (χ3v) is 3.10. The van der Waals surface area contributed by atoms with E-state index in [-0.39, 0.29) is 0 Å². The van der Waals surface area contributed by atoms with Crippen molar-refractivity contribution < 1.29 is 4.74 Å². The van der Waals surface area contributed by atoms with Crippen LogP contribution in [0.4, 0.5) is 0 Å². The van der Waals surface area contributed by atoms with E-state index in [1.807, 2.05) is 42.5 Å². The highest BCUT2D eigenvalue weighted by Gasteiger charge is 2.00. The lowest BCUT2D eigenvalue weighted by Crippen LogP contribution is -1.94. The number of pyridine rings is 1. The zero-order valence-electron chi connectivity index (χ0n) is 11.1. The maximum Gasteiger partial charge on any atom is 0.120 e. The molecule has 2 heteroatoms. The number of nitrogens with zero attached hydrogens (tertiary/aromatic N) is 1. The summed E-state index contributed by atoms with van der Waals surface area (Å²) in [7, 11) is 0. The van der Waals surface area contributed by atoms with E-state index >= 15 is 0 Å². The number of rotatable bonds is 4. The van der Waals surface area contributed by atoms with Gasteiger partial charge in [0.25, 0.3) is 0 Å². The second-order valence-corrected chi connectivity index (χ2v) is 4.54. The van der Waals surface area contributed by atoms with Crippen molar-refractivity contribution in [2.45, 2.75) is 6.61 Å². The summed E-state index contributed by atoms with van der Waals surface area (Å²) in [6.07, 6.45) is 3.60. The second kappa shape index (κ2) is 6.02. The van der Waals surface area contributed by atoms with Crippen molar-refractivity contribution >= 4 is 0 Å². The Hall–Kier alpha value is -2.61. The molecule has 2 aromatic carbocycles. The summed E-state index contributed by atoms with van der Waals surface area (Å²) in [6.45, 7) is 0.584. The van der Waals surface area contributed by atoms with Crippen LogP contribution in [0.2, 0.25) is 0 Å². The lowest BCUT2D eigenvalue weighted by atomic mass is 10.1. The highest BCUT2D eigenvalue weighted by Crippen LogP contribution is 2.23. The maximum absolute atomic E-state index is 5.84. The van der Waals surface area contributed by atoms with Crippen molar-refractivity contribution in [3.63, 3.8) is 0 Å². The molecule has 1 heterocycles. The van der Waals surface area contributed by atoms with Crippen molar-refractivity contribution in [3.8, 4) is 16.9 Å². The Balaban J connectivity index is 1.75. The third-order valence-electron chi connectivity index (χ3n) is 3.10. The van der Waals surface area contributed by atoms with Crippen molar-refractivity contribution in [1.29, 1.82) is 0 Å². The Labute approximate surface area is 118 Å². The van der Waals surface area contributed by atoms with Crippen LogP contribution in [-0.4, -0.2) is 4.98 Å². The molecule has 0 saturated heterocycles. The molecule has 2 nitrogen and oxygen atoms in total. The number of hydrogen-bond donors (Lipinski definition) is 0. The second-order valence-electron chi connectivity index (χ2n) is 4.54. The lowest BCUT2D eigenvalue weighted by Gasteiger charge is -2.08. The van der Waals surface area contributed by atoms with Crippen molar-refractivity contribution in [2.75, 3.05) is 0 Å². The van der Waals surface area contributed by atoms with Gasteiger partial charge in [-0.05, 0) is 41.0 Å². The molecule has 0 aliphatic heterocycles. The summed E-state index contributed by atoms with van der Waals surface area (Å²) >= 11 is 0. The van der Waals surface area contributed by atoms with Gasteiger partial charge in [-0.1, -0.05) is 42.5 Å². The summed E-state index contributed by atoms with van der Waals surface area (Å²) in [6, 6.07) is 22.3. The molecule has 0 bridgehead atoms. The molecule has 3 aromatic rings.